The van der Waals surface area contributed by atoms with E-state index in [1.165, 1.54) is 0 Å². The van der Waals surface area contributed by atoms with Gasteiger partial charge in [0.15, 0.2) is 5.82 Å². The minimum atomic E-state index is -1.55. The summed E-state index contributed by atoms with van der Waals surface area (Å²) in [5.74, 6) is -1.51. The smallest absolute Gasteiger partial charge is 0.411 e. The molecule has 0 aliphatic carbocycles. The molecule has 0 atom stereocenters. The maximum atomic E-state index is 11.0. The van der Waals surface area contributed by atoms with Gasteiger partial charge >= 0.3 is 11.7 Å². The van der Waals surface area contributed by atoms with Crippen LogP contribution in [0.2, 0.25) is 0 Å². The van der Waals surface area contributed by atoms with E-state index in [0.717, 1.165) is 11.3 Å². The molecule has 19 heavy (non-hydrogen) atoms. The number of carboxylic acids is 1. The molecule has 7 nitrogen and oxygen atoms in total. The van der Waals surface area contributed by atoms with E-state index in [-0.39, 0.29) is 5.82 Å². The molecule has 100 valence electrons. The first-order chi connectivity index (χ1) is 9.02. The van der Waals surface area contributed by atoms with Crippen molar-refractivity contribution in [2.45, 2.75) is 6.92 Å². The molecule has 1 aliphatic rings. The van der Waals surface area contributed by atoms with Crippen molar-refractivity contribution in [3.8, 4) is 0 Å². The molecule has 1 aromatic carbocycles. The first kappa shape index (κ1) is 12.9. The summed E-state index contributed by atoms with van der Waals surface area (Å²) in [5, 5.41) is 22.6. The average Bonchev–Trinajstić information content (AvgIpc) is 2.77. The van der Waals surface area contributed by atoms with Gasteiger partial charge in [-0.25, -0.2) is 4.79 Å². The number of aliphatic carboxylic acids is 1. The van der Waals surface area contributed by atoms with Gasteiger partial charge in [-0.3, -0.25) is 10.1 Å². The molecule has 0 unspecified atom stereocenters. The highest BCUT2D eigenvalue weighted by Gasteiger charge is 2.34. The van der Waals surface area contributed by atoms with Crippen LogP contribution in [-0.4, -0.2) is 29.1 Å². The number of rotatable bonds is 3. The second kappa shape index (κ2) is 4.97. The van der Waals surface area contributed by atoms with Crippen LogP contribution >= 0.6 is 0 Å². The molecule has 1 saturated heterocycles. The number of nitrogens with one attached hydrogen (secondary N) is 1. The van der Waals surface area contributed by atoms with Crippen molar-refractivity contribution >= 4 is 11.7 Å². The maximum Gasteiger partial charge on any atom is 0.411 e. The molecule has 0 saturated carbocycles. The van der Waals surface area contributed by atoms with Gasteiger partial charge in [-0.1, -0.05) is 18.2 Å². The number of carbonyl (C=O) groups is 1. The fraction of sp³-hybridized carbons (Fsp3) is 0.250. The molecule has 1 aromatic rings. The SMILES string of the molecule is Cc1ccccc1N1CCNC1=C(C(=O)O)[N+](=O)[O-]. The number of nitro groups is 1. The van der Waals surface area contributed by atoms with Gasteiger partial charge < -0.3 is 15.3 Å². The zero-order valence-corrected chi connectivity index (χ0v) is 10.3. The molecule has 1 fully saturated rings. The quantitative estimate of drug-likeness (QED) is 0.478. The van der Waals surface area contributed by atoms with E-state index in [2.05, 4.69) is 5.32 Å². The third-order valence-electron chi connectivity index (χ3n) is 2.91. The van der Waals surface area contributed by atoms with Crippen molar-refractivity contribution < 1.29 is 14.8 Å². The van der Waals surface area contributed by atoms with Crippen molar-refractivity contribution in [2.24, 2.45) is 0 Å². The van der Waals surface area contributed by atoms with E-state index in [4.69, 9.17) is 5.11 Å². The predicted octanol–water partition coefficient (Wildman–Crippen LogP) is 0.935. The lowest BCUT2D eigenvalue weighted by Gasteiger charge is -2.20. The van der Waals surface area contributed by atoms with Crippen LogP contribution in [0, 0.1) is 17.0 Å². The van der Waals surface area contributed by atoms with Crippen LogP contribution in [0.3, 0.4) is 0 Å². The van der Waals surface area contributed by atoms with Crippen molar-refractivity contribution in [2.75, 3.05) is 18.0 Å². The molecular formula is C12H13N3O4. The molecule has 1 aliphatic heterocycles. The van der Waals surface area contributed by atoms with Gasteiger partial charge in [0.25, 0.3) is 0 Å². The second-order valence-corrected chi connectivity index (χ2v) is 4.12. The Labute approximate surface area is 109 Å². The van der Waals surface area contributed by atoms with Crippen LogP contribution in [-0.2, 0) is 4.79 Å². The van der Waals surface area contributed by atoms with Crippen LogP contribution in [0.25, 0.3) is 0 Å². The van der Waals surface area contributed by atoms with Gasteiger partial charge in [0.05, 0.1) is 4.92 Å². The number of nitrogens with zero attached hydrogens (tertiary/aromatic N) is 2. The molecular weight excluding hydrogens is 250 g/mol. The summed E-state index contributed by atoms with van der Waals surface area (Å²) in [5.41, 5.74) is 0.862. The number of hydrogen-bond donors (Lipinski definition) is 2. The Morgan fingerprint density at radius 1 is 1.47 bits per heavy atom. The highest BCUT2D eigenvalue weighted by Crippen LogP contribution is 2.26. The Hall–Kier alpha value is -2.57. The fourth-order valence-electron chi connectivity index (χ4n) is 2.08. The lowest BCUT2D eigenvalue weighted by molar-refractivity contribution is -0.422. The molecule has 0 bridgehead atoms. The Morgan fingerprint density at radius 2 is 2.16 bits per heavy atom. The summed E-state index contributed by atoms with van der Waals surface area (Å²) < 4.78 is 0. The summed E-state index contributed by atoms with van der Waals surface area (Å²) in [6.07, 6.45) is 0. The number of aryl methyl sites for hydroxylation is 1. The topological polar surface area (TPSA) is 95.7 Å². The van der Waals surface area contributed by atoms with Gasteiger partial charge in [0.2, 0.25) is 0 Å². The van der Waals surface area contributed by atoms with Crippen molar-refractivity contribution in [3.63, 3.8) is 0 Å². The summed E-state index contributed by atoms with van der Waals surface area (Å²) in [7, 11) is 0. The van der Waals surface area contributed by atoms with E-state index in [0.29, 0.717) is 13.1 Å². The normalized spacial score (nSPS) is 17.0. The molecule has 0 spiro atoms. The number of carboxylic acid groups (broad SMARTS) is 1. The number of benzene rings is 1. The van der Waals surface area contributed by atoms with E-state index in [9.17, 15) is 14.9 Å². The molecule has 0 amide bonds. The summed E-state index contributed by atoms with van der Waals surface area (Å²) in [4.78, 5) is 22.7. The van der Waals surface area contributed by atoms with Crippen molar-refractivity contribution in [1.82, 2.24) is 5.32 Å². The first-order valence-corrected chi connectivity index (χ1v) is 5.71. The van der Waals surface area contributed by atoms with E-state index in [1.54, 1.807) is 4.90 Å². The highest BCUT2D eigenvalue weighted by atomic mass is 16.6. The van der Waals surface area contributed by atoms with Gasteiger partial charge in [0.1, 0.15) is 0 Å². The maximum absolute atomic E-state index is 11.0. The zero-order chi connectivity index (χ0) is 14.0. The minimum Gasteiger partial charge on any atom is -0.473 e. The molecule has 2 N–H and O–H groups in total. The third-order valence-corrected chi connectivity index (χ3v) is 2.91. The van der Waals surface area contributed by atoms with E-state index in [1.807, 2.05) is 31.2 Å². The fourth-order valence-corrected chi connectivity index (χ4v) is 2.08. The van der Waals surface area contributed by atoms with Gasteiger partial charge in [-0.05, 0) is 18.6 Å². The zero-order valence-electron chi connectivity index (χ0n) is 10.3. The van der Waals surface area contributed by atoms with Crippen LogP contribution < -0.4 is 10.2 Å². The van der Waals surface area contributed by atoms with Gasteiger partial charge in [0, 0.05) is 18.8 Å². The van der Waals surface area contributed by atoms with Gasteiger partial charge in [-0.2, -0.15) is 0 Å². The monoisotopic (exact) mass is 263 g/mol. The molecule has 1 heterocycles. The Kier molecular flexibility index (Phi) is 3.37. The van der Waals surface area contributed by atoms with Crippen LogP contribution in [0.5, 0.6) is 0 Å². The third kappa shape index (κ3) is 2.35. The van der Waals surface area contributed by atoms with Crippen LogP contribution in [0.4, 0.5) is 5.69 Å². The van der Waals surface area contributed by atoms with E-state index >= 15 is 0 Å². The summed E-state index contributed by atoms with van der Waals surface area (Å²) in [6, 6.07) is 7.35. The van der Waals surface area contributed by atoms with Crippen LogP contribution in [0.1, 0.15) is 5.56 Å². The minimum absolute atomic E-state index is 0.0341. The summed E-state index contributed by atoms with van der Waals surface area (Å²) >= 11 is 0. The molecule has 0 radical (unpaired) electrons. The second-order valence-electron chi connectivity index (χ2n) is 4.12. The lowest BCUT2D eigenvalue weighted by atomic mass is 10.2. The van der Waals surface area contributed by atoms with Crippen molar-refractivity contribution in [3.05, 3.63) is 51.5 Å². The molecule has 0 aromatic heterocycles. The standard InChI is InChI=1S/C12H13N3O4/c1-8-4-2-3-5-9(8)14-7-6-13-11(14)10(12(16)17)15(18)19/h2-5,13H,6-7H2,1H3,(H,16,17). The van der Waals surface area contributed by atoms with E-state index < -0.39 is 16.6 Å². The van der Waals surface area contributed by atoms with Crippen molar-refractivity contribution in [1.29, 1.82) is 0 Å². The van der Waals surface area contributed by atoms with Crippen LogP contribution in [0.15, 0.2) is 35.8 Å². The number of hydrogen-bond acceptors (Lipinski definition) is 5. The Bertz CT molecular complexity index is 552. The van der Waals surface area contributed by atoms with Gasteiger partial charge in [-0.15, -0.1) is 0 Å². The molecule has 7 heteroatoms. The Morgan fingerprint density at radius 3 is 2.74 bits per heavy atom. The number of anilines is 1. The predicted molar refractivity (Wildman–Crippen MR) is 68.2 cm³/mol. The number of para-hydroxylation sites is 1. The first-order valence-electron chi connectivity index (χ1n) is 5.71. The Balaban J connectivity index is 2.53. The average molecular weight is 263 g/mol. The highest BCUT2D eigenvalue weighted by molar-refractivity contribution is 5.85. The largest absolute Gasteiger partial charge is 0.473 e. The molecule has 2 rings (SSSR count). The lowest BCUT2D eigenvalue weighted by Crippen LogP contribution is -2.27. The summed E-state index contributed by atoms with van der Waals surface area (Å²) in [6.45, 7) is 2.83.